The molecule has 3 rings (SSSR count). The largest absolute Gasteiger partial charge is 0.487 e. The van der Waals surface area contributed by atoms with E-state index in [1.54, 1.807) is 0 Å². The molecule has 0 spiro atoms. The van der Waals surface area contributed by atoms with Crippen molar-refractivity contribution in [1.29, 1.82) is 0 Å². The number of nitrogens with one attached hydrogen (secondary N) is 1. The van der Waals surface area contributed by atoms with Gasteiger partial charge >= 0.3 is 0 Å². The van der Waals surface area contributed by atoms with Crippen LogP contribution in [0.15, 0.2) is 18.2 Å². The van der Waals surface area contributed by atoms with Crippen LogP contribution in [-0.2, 0) is 15.0 Å². The lowest BCUT2D eigenvalue weighted by Gasteiger charge is -2.39. The van der Waals surface area contributed by atoms with E-state index in [1.807, 2.05) is 31.1 Å². The van der Waals surface area contributed by atoms with Crippen LogP contribution in [0.25, 0.3) is 0 Å². The van der Waals surface area contributed by atoms with Crippen molar-refractivity contribution in [1.82, 2.24) is 10.2 Å². The zero-order valence-electron chi connectivity index (χ0n) is 14.9. The van der Waals surface area contributed by atoms with E-state index >= 15 is 0 Å². The fourth-order valence-electron chi connectivity index (χ4n) is 3.76. The van der Waals surface area contributed by atoms with E-state index in [0.717, 1.165) is 17.7 Å². The lowest BCUT2D eigenvalue weighted by atomic mass is 9.67. The van der Waals surface area contributed by atoms with Crippen molar-refractivity contribution >= 4 is 11.7 Å². The molecule has 24 heavy (non-hydrogen) atoms. The molecule has 0 saturated heterocycles. The van der Waals surface area contributed by atoms with Gasteiger partial charge in [0.05, 0.1) is 0 Å². The van der Waals surface area contributed by atoms with Crippen LogP contribution in [-0.4, -0.2) is 49.4 Å². The van der Waals surface area contributed by atoms with Gasteiger partial charge in [-0.2, -0.15) is 0 Å². The molecule has 1 heterocycles. The summed E-state index contributed by atoms with van der Waals surface area (Å²) in [7, 11) is 3.85. The third-order valence-corrected chi connectivity index (χ3v) is 5.28. The van der Waals surface area contributed by atoms with E-state index < -0.39 is 6.04 Å². The molecule has 1 N–H and O–H groups in total. The van der Waals surface area contributed by atoms with Gasteiger partial charge in [-0.15, -0.1) is 0 Å². The molecule has 1 fully saturated rings. The number of ether oxygens (including phenoxy) is 1. The lowest BCUT2D eigenvalue weighted by Crippen LogP contribution is -2.59. The number of ketones is 1. The Hall–Kier alpha value is -1.88. The maximum Gasteiger partial charge on any atom is 0.221 e. The highest BCUT2D eigenvalue weighted by Crippen LogP contribution is 2.49. The van der Waals surface area contributed by atoms with Gasteiger partial charge in [-0.1, -0.05) is 24.6 Å². The minimum atomic E-state index is -0.564. The summed E-state index contributed by atoms with van der Waals surface area (Å²) in [5.41, 5.74) is 2.12. The maximum atomic E-state index is 12.5. The first-order chi connectivity index (χ1) is 11.3. The van der Waals surface area contributed by atoms with E-state index in [9.17, 15) is 9.59 Å². The summed E-state index contributed by atoms with van der Waals surface area (Å²) in [4.78, 5) is 26.7. The summed E-state index contributed by atoms with van der Waals surface area (Å²) in [5.74, 6) is 0.817. The number of hydrogen-bond donors (Lipinski definition) is 1. The Morgan fingerprint density at radius 1 is 1.42 bits per heavy atom. The Morgan fingerprint density at radius 3 is 2.88 bits per heavy atom. The molecule has 0 unspecified atom stereocenters. The lowest BCUT2D eigenvalue weighted by molar-refractivity contribution is -0.133. The van der Waals surface area contributed by atoms with E-state index in [2.05, 4.69) is 25.2 Å². The number of hydrogen-bond acceptors (Lipinski definition) is 4. The highest BCUT2D eigenvalue weighted by Gasteiger charge is 2.54. The number of carbonyl (C=O) groups excluding carboxylic acids is 2. The van der Waals surface area contributed by atoms with E-state index in [4.69, 9.17) is 4.74 Å². The van der Waals surface area contributed by atoms with Crippen LogP contribution in [0.2, 0.25) is 0 Å². The Balaban J connectivity index is 1.82. The van der Waals surface area contributed by atoms with E-state index in [-0.39, 0.29) is 23.2 Å². The number of benzene rings is 1. The number of nitrogens with zero attached hydrogens (tertiary/aromatic N) is 1. The first-order valence-corrected chi connectivity index (χ1v) is 8.56. The fourth-order valence-corrected chi connectivity index (χ4v) is 3.76. The number of carbonyl (C=O) groups is 2. The number of Topliss-reactive ketones (excluding diaryl/α,β-unsaturated/α-hetero) is 1. The molecule has 1 aromatic rings. The Morgan fingerprint density at radius 2 is 2.17 bits per heavy atom. The first kappa shape index (κ1) is 17.0. The summed E-state index contributed by atoms with van der Waals surface area (Å²) in [6.45, 7) is 4.87. The van der Waals surface area contributed by atoms with Gasteiger partial charge in [0.15, 0.2) is 5.78 Å². The van der Waals surface area contributed by atoms with Crippen molar-refractivity contribution in [2.45, 2.75) is 50.7 Å². The topological polar surface area (TPSA) is 58.6 Å². The minimum absolute atomic E-state index is 0.0696. The molecule has 5 nitrogen and oxygen atoms in total. The summed E-state index contributed by atoms with van der Waals surface area (Å²) in [6, 6.07) is 5.58. The van der Waals surface area contributed by atoms with Crippen molar-refractivity contribution < 1.29 is 14.3 Å². The second kappa shape index (κ2) is 6.20. The van der Waals surface area contributed by atoms with Crippen LogP contribution < -0.4 is 10.1 Å². The van der Waals surface area contributed by atoms with Gasteiger partial charge in [0.25, 0.3) is 0 Å². The van der Waals surface area contributed by atoms with Crippen molar-refractivity contribution in [2.24, 2.45) is 0 Å². The second-order valence-electron chi connectivity index (χ2n) is 7.52. The van der Waals surface area contributed by atoms with Gasteiger partial charge in [-0.05, 0) is 33.5 Å². The first-order valence-electron chi connectivity index (χ1n) is 8.56. The molecular weight excluding hydrogens is 304 g/mol. The maximum absolute atomic E-state index is 12.5. The highest BCUT2D eigenvalue weighted by atomic mass is 16.5. The molecule has 0 bridgehead atoms. The van der Waals surface area contributed by atoms with E-state index in [1.165, 1.54) is 5.56 Å². The predicted molar refractivity (Wildman–Crippen MR) is 92.3 cm³/mol. The highest BCUT2D eigenvalue weighted by molar-refractivity contribution is 5.91. The molecule has 0 aromatic heterocycles. The Kier molecular flexibility index (Phi) is 4.38. The van der Waals surface area contributed by atoms with Crippen molar-refractivity contribution in [3.8, 4) is 5.75 Å². The monoisotopic (exact) mass is 330 g/mol. The molecule has 1 aromatic carbocycles. The zero-order chi connectivity index (χ0) is 17.5. The quantitative estimate of drug-likeness (QED) is 0.915. The van der Waals surface area contributed by atoms with Crippen molar-refractivity contribution in [3.05, 3.63) is 29.3 Å². The zero-order valence-corrected chi connectivity index (χ0v) is 14.9. The molecular formula is C19H26N2O3. The van der Waals surface area contributed by atoms with Gasteiger partial charge in [0.2, 0.25) is 5.91 Å². The van der Waals surface area contributed by atoms with Crippen LogP contribution in [0, 0.1) is 6.92 Å². The van der Waals surface area contributed by atoms with Crippen LogP contribution >= 0.6 is 0 Å². The number of fused-ring (bicyclic) bond motifs is 3. The van der Waals surface area contributed by atoms with Gasteiger partial charge in [-0.25, -0.2) is 0 Å². The van der Waals surface area contributed by atoms with Crippen LogP contribution in [0.4, 0.5) is 0 Å². The molecule has 1 saturated carbocycles. The SMILES string of the molecule is Cc1ccc2c(c1)[C@]1(C)CCC(=O)[C@H](NC(=O)CCN(C)C)[C@@H]1O2. The standard InChI is InChI=1S/C19H26N2O3/c1-12-5-6-15-13(11-12)19(2)9-7-14(22)17(18(19)24-15)20-16(23)8-10-21(3)4/h5-6,11,17-18H,7-10H2,1-4H3,(H,20,23)/t17-,18-,19-/m0/s1. The number of aryl methyl sites for hydroxylation is 1. The molecule has 130 valence electrons. The van der Waals surface area contributed by atoms with Crippen LogP contribution in [0.5, 0.6) is 5.75 Å². The molecule has 1 amide bonds. The molecule has 2 aliphatic rings. The third-order valence-electron chi connectivity index (χ3n) is 5.28. The number of rotatable bonds is 4. The second-order valence-corrected chi connectivity index (χ2v) is 7.52. The van der Waals surface area contributed by atoms with Gasteiger partial charge in [0, 0.05) is 30.4 Å². The summed E-state index contributed by atoms with van der Waals surface area (Å²) >= 11 is 0. The molecule has 3 atom stereocenters. The smallest absolute Gasteiger partial charge is 0.221 e. The van der Waals surface area contributed by atoms with Crippen molar-refractivity contribution in [2.75, 3.05) is 20.6 Å². The van der Waals surface area contributed by atoms with Gasteiger partial charge < -0.3 is 15.0 Å². The van der Waals surface area contributed by atoms with Crippen LogP contribution in [0.1, 0.15) is 37.3 Å². The average Bonchev–Trinajstić information content (AvgIpc) is 2.82. The summed E-state index contributed by atoms with van der Waals surface area (Å²) < 4.78 is 6.13. The fraction of sp³-hybridized carbons (Fsp3) is 0.579. The molecule has 5 heteroatoms. The molecule has 1 aliphatic carbocycles. The average molecular weight is 330 g/mol. The Labute approximate surface area is 143 Å². The summed E-state index contributed by atoms with van der Waals surface area (Å²) in [5, 5.41) is 2.93. The van der Waals surface area contributed by atoms with Crippen molar-refractivity contribution in [3.63, 3.8) is 0 Å². The normalized spacial score (nSPS) is 28.3. The molecule has 0 radical (unpaired) electrons. The minimum Gasteiger partial charge on any atom is -0.487 e. The van der Waals surface area contributed by atoms with Gasteiger partial charge in [-0.3, -0.25) is 9.59 Å². The van der Waals surface area contributed by atoms with Gasteiger partial charge in [0.1, 0.15) is 17.9 Å². The predicted octanol–water partition coefficient (Wildman–Crippen LogP) is 1.81. The van der Waals surface area contributed by atoms with E-state index in [0.29, 0.717) is 19.4 Å². The summed E-state index contributed by atoms with van der Waals surface area (Å²) in [6.07, 6.45) is 1.30. The Bertz CT molecular complexity index is 671. The third kappa shape index (κ3) is 2.93. The number of amides is 1. The van der Waals surface area contributed by atoms with Crippen LogP contribution in [0.3, 0.4) is 0 Å². The molecule has 1 aliphatic heterocycles.